The second-order valence-electron chi connectivity index (χ2n) is 7.59. The molecule has 25 heavy (non-hydrogen) atoms. The number of nitrogens with one attached hydrogen (secondary N) is 1. The van der Waals surface area contributed by atoms with Crippen molar-refractivity contribution in [3.05, 3.63) is 29.8 Å². The zero-order valence-corrected chi connectivity index (χ0v) is 14.9. The number of rotatable bonds is 5. The zero-order valence-electron chi connectivity index (χ0n) is 14.9. The largest absolute Gasteiger partial charge is 0.497 e. The first-order valence-corrected chi connectivity index (χ1v) is 9.55. The van der Waals surface area contributed by atoms with Gasteiger partial charge in [0.2, 0.25) is 0 Å². The van der Waals surface area contributed by atoms with Crippen molar-refractivity contribution in [1.29, 1.82) is 0 Å². The number of piperidine rings is 1. The number of hydrogen-bond acceptors (Lipinski definition) is 4. The number of amides is 1. The first kappa shape index (κ1) is 16.9. The Morgan fingerprint density at radius 3 is 2.76 bits per heavy atom. The molecule has 1 N–H and O–H groups in total. The molecule has 4 rings (SSSR count). The van der Waals surface area contributed by atoms with Gasteiger partial charge in [0.05, 0.1) is 13.2 Å². The summed E-state index contributed by atoms with van der Waals surface area (Å²) in [6.45, 7) is 2.00. The number of carbonyl (C=O) groups is 1. The topological polar surface area (TPSA) is 50.8 Å². The average molecular weight is 344 g/mol. The summed E-state index contributed by atoms with van der Waals surface area (Å²) >= 11 is 0. The van der Waals surface area contributed by atoms with Gasteiger partial charge in [-0.05, 0) is 56.7 Å². The summed E-state index contributed by atoms with van der Waals surface area (Å²) in [4.78, 5) is 15.2. The Kier molecular flexibility index (Phi) is 4.95. The van der Waals surface area contributed by atoms with Crippen LogP contribution in [0, 0.1) is 0 Å². The van der Waals surface area contributed by atoms with Gasteiger partial charge in [-0.1, -0.05) is 6.07 Å². The van der Waals surface area contributed by atoms with Crippen LogP contribution in [0.4, 0.5) is 0 Å². The van der Waals surface area contributed by atoms with E-state index in [9.17, 15) is 4.79 Å². The van der Waals surface area contributed by atoms with Crippen LogP contribution in [0.3, 0.4) is 0 Å². The highest BCUT2D eigenvalue weighted by Crippen LogP contribution is 2.36. The first-order chi connectivity index (χ1) is 12.2. The van der Waals surface area contributed by atoms with Gasteiger partial charge >= 0.3 is 0 Å². The maximum atomic E-state index is 12.6. The van der Waals surface area contributed by atoms with Crippen molar-refractivity contribution in [1.82, 2.24) is 10.2 Å². The van der Waals surface area contributed by atoms with E-state index in [0.29, 0.717) is 23.8 Å². The summed E-state index contributed by atoms with van der Waals surface area (Å²) in [7, 11) is 1.62. The molecule has 5 heteroatoms. The summed E-state index contributed by atoms with van der Waals surface area (Å²) in [5.41, 5.74) is 0.675. The van der Waals surface area contributed by atoms with Crippen molar-refractivity contribution in [2.75, 3.05) is 20.3 Å². The molecule has 1 unspecified atom stereocenters. The van der Waals surface area contributed by atoms with Crippen LogP contribution in [0.5, 0.6) is 5.75 Å². The molecule has 0 aromatic heterocycles. The van der Waals surface area contributed by atoms with Crippen molar-refractivity contribution in [2.45, 2.75) is 62.8 Å². The zero-order chi connectivity index (χ0) is 17.2. The van der Waals surface area contributed by atoms with E-state index in [2.05, 4.69) is 10.2 Å². The highest BCUT2D eigenvalue weighted by Gasteiger charge is 2.42. The summed E-state index contributed by atoms with van der Waals surface area (Å²) < 4.78 is 11.0. The van der Waals surface area contributed by atoms with Gasteiger partial charge < -0.3 is 14.8 Å². The van der Waals surface area contributed by atoms with E-state index in [1.807, 2.05) is 18.2 Å². The SMILES string of the molecule is COc1cccc(C(=O)NC2C[C@H]3CC[C@H](C2)N3CC2CCCO2)c1. The van der Waals surface area contributed by atoms with Crippen molar-refractivity contribution in [2.24, 2.45) is 0 Å². The van der Waals surface area contributed by atoms with Crippen LogP contribution < -0.4 is 10.1 Å². The molecule has 3 fully saturated rings. The predicted molar refractivity (Wildman–Crippen MR) is 96.0 cm³/mol. The van der Waals surface area contributed by atoms with Gasteiger partial charge in [-0.15, -0.1) is 0 Å². The second-order valence-corrected chi connectivity index (χ2v) is 7.59. The molecule has 0 radical (unpaired) electrons. The molecule has 3 saturated heterocycles. The monoisotopic (exact) mass is 344 g/mol. The van der Waals surface area contributed by atoms with Crippen molar-refractivity contribution in [3.63, 3.8) is 0 Å². The van der Waals surface area contributed by atoms with E-state index in [0.717, 1.165) is 31.7 Å². The fourth-order valence-corrected chi connectivity index (χ4v) is 4.75. The maximum Gasteiger partial charge on any atom is 0.251 e. The van der Waals surface area contributed by atoms with E-state index in [1.165, 1.54) is 25.7 Å². The molecule has 0 saturated carbocycles. The lowest BCUT2D eigenvalue weighted by Crippen LogP contribution is -2.52. The molecule has 5 nitrogen and oxygen atoms in total. The van der Waals surface area contributed by atoms with Gasteiger partial charge in [-0.25, -0.2) is 0 Å². The van der Waals surface area contributed by atoms with Crippen LogP contribution in [-0.2, 0) is 4.74 Å². The Hall–Kier alpha value is -1.59. The third-order valence-electron chi connectivity index (χ3n) is 5.99. The normalized spacial score (nSPS) is 31.9. The lowest BCUT2D eigenvalue weighted by Gasteiger charge is -2.40. The minimum atomic E-state index is 0.0101. The molecule has 136 valence electrons. The molecular formula is C20H28N2O3. The third kappa shape index (κ3) is 3.67. The first-order valence-electron chi connectivity index (χ1n) is 9.55. The minimum Gasteiger partial charge on any atom is -0.497 e. The van der Waals surface area contributed by atoms with E-state index >= 15 is 0 Å². The van der Waals surface area contributed by atoms with Gasteiger partial charge in [0.15, 0.2) is 0 Å². The van der Waals surface area contributed by atoms with Crippen LogP contribution in [0.1, 0.15) is 48.9 Å². The van der Waals surface area contributed by atoms with Crippen LogP contribution in [-0.4, -0.2) is 55.3 Å². The van der Waals surface area contributed by atoms with Crippen LogP contribution in [0.15, 0.2) is 24.3 Å². The standard InChI is InChI=1S/C20H28N2O3/c1-24-18-5-2-4-14(10-18)20(23)21-15-11-16-7-8-17(12-15)22(16)13-19-6-3-9-25-19/h2,4-5,10,15-17,19H,3,6-9,11-13H2,1H3,(H,21,23)/t16-,17-,19?/m1/s1. The number of benzene rings is 1. The predicted octanol–water partition coefficient (Wildman–Crippen LogP) is 2.60. The number of fused-ring (bicyclic) bond motifs is 2. The Labute approximate surface area is 149 Å². The highest BCUT2D eigenvalue weighted by molar-refractivity contribution is 5.94. The van der Waals surface area contributed by atoms with E-state index < -0.39 is 0 Å². The average Bonchev–Trinajstić information content (AvgIpc) is 3.22. The van der Waals surface area contributed by atoms with Gasteiger partial charge in [-0.3, -0.25) is 9.69 Å². The Morgan fingerprint density at radius 2 is 2.08 bits per heavy atom. The smallest absolute Gasteiger partial charge is 0.251 e. The summed E-state index contributed by atoms with van der Waals surface area (Å²) in [6, 6.07) is 8.84. The molecule has 3 aliphatic heterocycles. The fourth-order valence-electron chi connectivity index (χ4n) is 4.75. The summed E-state index contributed by atoms with van der Waals surface area (Å²) in [5, 5.41) is 3.25. The molecule has 1 aromatic carbocycles. The molecule has 1 aromatic rings. The number of carbonyl (C=O) groups excluding carboxylic acids is 1. The van der Waals surface area contributed by atoms with E-state index in [-0.39, 0.29) is 11.9 Å². The molecule has 1 amide bonds. The third-order valence-corrected chi connectivity index (χ3v) is 5.99. The molecule has 0 spiro atoms. The maximum absolute atomic E-state index is 12.6. The highest BCUT2D eigenvalue weighted by atomic mass is 16.5. The molecule has 3 aliphatic rings. The second kappa shape index (κ2) is 7.34. The Balaban J connectivity index is 1.35. The van der Waals surface area contributed by atoms with Crippen molar-refractivity contribution in [3.8, 4) is 5.75 Å². The van der Waals surface area contributed by atoms with Crippen molar-refractivity contribution >= 4 is 5.91 Å². The van der Waals surface area contributed by atoms with E-state index in [1.54, 1.807) is 13.2 Å². The molecule has 3 atom stereocenters. The van der Waals surface area contributed by atoms with Gasteiger partial charge in [-0.2, -0.15) is 0 Å². The van der Waals surface area contributed by atoms with Gasteiger partial charge in [0, 0.05) is 36.8 Å². The molecule has 2 bridgehead atoms. The summed E-state index contributed by atoms with van der Waals surface area (Å²) in [5.74, 6) is 0.731. The molecule has 3 heterocycles. The quantitative estimate of drug-likeness (QED) is 0.892. The van der Waals surface area contributed by atoms with Gasteiger partial charge in [0.25, 0.3) is 5.91 Å². The van der Waals surface area contributed by atoms with E-state index in [4.69, 9.17) is 9.47 Å². The van der Waals surface area contributed by atoms with Crippen LogP contribution >= 0.6 is 0 Å². The molecular weight excluding hydrogens is 316 g/mol. The number of nitrogens with zero attached hydrogens (tertiary/aromatic N) is 1. The van der Waals surface area contributed by atoms with Crippen LogP contribution in [0.25, 0.3) is 0 Å². The molecule has 0 aliphatic carbocycles. The lowest BCUT2D eigenvalue weighted by atomic mass is 9.96. The number of methoxy groups -OCH3 is 1. The van der Waals surface area contributed by atoms with Gasteiger partial charge in [0.1, 0.15) is 5.75 Å². The Morgan fingerprint density at radius 1 is 1.28 bits per heavy atom. The lowest BCUT2D eigenvalue weighted by molar-refractivity contribution is 0.0332. The minimum absolute atomic E-state index is 0.0101. The van der Waals surface area contributed by atoms with Crippen LogP contribution in [0.2, 0.25) is 0 Å². The number of hydrogen-bond donors (Lipinski definition) is 1. The van der Waals surface area contributed by atoms with Crippen molar-refractivity contribution < 1.29 is 14.3 Å². The summed E-state index contributed by atoms with van der Waals surface area (Å²) in [6.07, 6.45) is 7.44. The number of ether oxygens (including phenoxy) is 2. The fraction of sp³-hybridized carbons (Fsp3) is 0.650. The Bertz CT molecular complexity index is 601.